The van der Waals surface area contributed by atoms with Gasteiger partial charge in [-0.2, -0.15) is 0 Å². The van der Waals surface area contributed by atoms with Gasteiger partial charge in [-0.05, 0) is 44.2 Å². The average molecular weight is 744 g/mol. The number of benzene rings is 2. The van der Waals surface area contributed by atoms with Crippen molar-refractivity contribution >= 4 is 29.1 Å². The number of likely N-dealkylation sites (tertiary alicyclic amines) is 2. The molecule has 272 valence electrons. The molecule has 0 saturated carbocycles. The van der Waals surface area contributed by atoms with Crippen LogP contribution in [-0.2, 0) is 17.9 Å². The lowest BCUT2D eigenvalue weighted by molar-refractivity contribution is -0.119. The summed E-state index contributed by atoms with van der Waals surface area (Å²) < 4.78 is 11.6. The van der Waals surface area contributed by atoms with Crippen LogP contribution in [0.3, 0.4) is 0 Å². The minimum Gasteiger partial charge on any atom is -0.481 e. The Morgan fingerprint density at radius 3 is 1.75 bits per heavy atom. The second kappa shape index (κ2) is 14.2. The van der Waals surface area contributed by atoms with Gasteiger partial charge in [0.25, 0.3) is 0 Å². The van der Waals surface area contributed by atoms with E-state index in [0.29, 0.717) is 52.7 Å². The number of nitrogens with one attached hydrogen (secondary N) is 2. The molecule has 4 saturated heterocycles. The number of pyridine rings is 2. The maximum absolute atomic E-state index is 11.9. The van der Waals surface area contributed by atoms with Gasteiger partial charge in [0.1, 0.15) is 6.23 Å². The Balaban J connectivity index is 1.02. The van der Waals surface area contributed by atoms with Crippen LogP contribution in [0.1, 0.15) is 49.7 Å². The van der Waals surface area contributed by atoms with E-state index in [4.69, 9.17) is 42.6 Å². The highest BCUT2D eigenvalue weighted by molar-refractivity contribution is 6.39. The zero-order chi connectivity index (χ0) is 36.0. The second-order valence-electron chi connectivity index (χ2n) is 14.8. The van der Waals surface area contributed by atoms with Crippen molar-refractivity contribution in [3.63, 3.8) is 0 Å². The monoisotopic (exact) mass is 742 g/mol. The zero-order valence-electron chi connectivity index (χ0n) is 29.6. The predicted octanol–water partition coefficient (Wildman–Crippen LogP) is 6.30. The highest BCUT2D eigenvalue weighted by Crippen LogP contribution is 2.43. The number of rotatable bonds is 9. The molecule has 3 N–H and O–H groups in total. The van der Waals surface area contributed by atoms with E-state index in [9.17, 15) is 9.90 Å². The number of ether oxygens (including phenoxy) is 2. The summed E-state index contributed by atoms with van der Waals surface area (Å²) in [6.45, 7) is 4.97. The molecule has 10 nitrogen and oxygen atoms in total. The standard InChI is InChI=1S/C40H44Cl2N6O4/c1-51-37-25(21-47-19-17-39(23-47)15-13-33(49)45-39)9-11-31(43-37)29-7-3-5-27(35(29)41)28-6-4-8-30(36(28)42)32-12-10-26(38(44-32)52-2)22-48-20-18-40(24-48)16-14-34(50)46-40/h3-12,33,45,49H,13-24H2,1-2H3,(H,46,50)/t33?,39-,40-/m1/s1. The van der Waals surface area contributed by atoms with E-state index in [1.165, 1.54) is 0 Å². The number of hydrogen-bond acceptors (Lipinski definition) is 9. The van der Waals surface area contributed by atoms with Gasteiger partial charge >= 0.3 is 0 Å². The number of hydrogen-bond donors (Lipinski definition) is 3. The summed E-state index contributed by atoms with van der Waals surface area (Å²) >= 11 is 14.3. The van der Waals surface area contributed by atoms with Gasteiger partial charge in [-0.3, -0.25) is 19.9 Å². The van der Waals surface area contributed by atoms with Crippen molar-refractivity contribution in [3.8, 4) is 45.4 Å². The first-order valence-electron chi connectivity index (χ1n) is 18.0. The van der Waals surface area contributed by atoms with Crippen molar-refractivity contribution in [3.05, 3.63) is 81.8 Å². The van der Waals surface area contributed by atoms with E-state index in [1.54, 1.807) is 14.2 Å². The molecule has 2 aromatic carbocycles. The maximum atomic E-state index is 11.9. The van der Waals surface area contributed by atoms with Crippen LogP contribution in [0.2, 0.25) is 10.0 Å². The Hall–Kier alpha value is -3.77. The molecule has 2 aromatic heterocycles. The summed E-state index contributed by atoms with van der Waals surface area (Å²) in [6, 6.07) is 19.9. The number of methoxy groups -OCH3 is 2. The van der Waals surface area contributed by atoms with E-state index in [2.05, 4.69) is 32.6 Å². The minimum atomic E-state index is -0.413. The van der Waals surface area contributed by atoms with E-state index in [-0.39, 0.29) is 17.0 Å². The molecule has 0 radical (unpaired) electrons. The summed E-state index contributed by atoms with van der Waals surface area (Å²) in [6.07, 6.45) is 4.84. The highest BCUT2D eigenvalue weighted by Gasteiger charge is 2.44. The Morgan fingerprint density at radius 1 is 0.750 bits per heavy atom. The number of carbonyl (C=O) groups is 1. The first kappa shape index (κ1) is 35.3. The van der Waals surface area contributed by atoms with Gasteiger partial charge in [0.05, 0.1) is 41.2 Å². The lowest BCUT2D eigenvalue weighted by Crippen LogP contribution is -2.45. The van der Waals surface area contributed by atoms with Crippen LogP contribution in [0.15, 0.2) is 60.7 Å². The Bertz CT molecular complexity index is 2010. The first-order chi connectivity index (χ1) is 25.2. The smallest absolute Gasteiger partial charge is 0.220 e. The van der Waals surface area contributed by atoms with Gasteiger partial charge in [0, 0.05) is 84.6 Å². The third-order valence-corrected chi connectivity index (χ3v) is 12.2. The molecule has 0 bridgehead atoms. The molecular formula is C40H44Cl2N6O4. The number of nitrogens with zero attached hydrogens (tertiary/aromatic N) is 4. The normalized spacial score (nSPS) is 24.7. The molecule has 0 aliphatic carbocycles. The second-order valence-corrected chi connectivity index (χ2v) is 15.5. The number of halogens is 2. The molecule has 2 spiro atoms. The molecule has 4 aliphatic rings. The average Bonchev–Trinajstić information content (AvgIpc) is 3.93. The molecule has 52 heavy (non-hydrogen) atoms. The molecule has 1 unspecified atom stereocenters. The molecule has 3 atom stereocenters. The van der Waals surface area contributed by atoms with E-state index >= 15 is 0 Å². The Labute approximate surface area is 314 Å². The van der Waals surface area contributed by atoms with Crippen LogP contribution in [-0.4, -0.2) is 88.5 Å². The highest BCUT2D eigenvalue weighted by atomic mass is 35.5. The number of aromatic nitrogens is 2. The molecular weight excluding hydrogens is 699 g/mol. The number of amides is 1. The Morgan fingerprint density at radius 2 is 1.27 bits per heavy atom. The predicted molar refractivity (Wildman–Crippen MR) is 202 cm³/mol. The fraction of sp³-hybridized carbons (Fsp3) is 0.425. The molecule has 1 amide bonds. The Kier molecular flexibility index (Phi) is 9.65. The maximum Gasteiger partial charge on any atom is 0.220 e. The van der Waals surface area contributed by atoms with Gasteiger partial charge in [-0.1, -0.05) is 71.7 Å². The number of aliphatic hydroxyl groups excluding tert-OH is 1. The third-order valence-electron chi connectivity index (χ3n) is 11.4. The minimum absolute atomic E-state index is 0.00725. The lowest BCUT2D eigenvalue weighted by Gasteiger charge is -2.25. The van der Waals surface area contributed by atoms with E-state index in [1.807, 2.05) is 48.5 Å². The summed E-state index contributed by atoms with van der Waals surface area (Å²) in [5.74, 6) is 1.27. The van der Waals surface area contributed by atoms with E-state index < -0.39 is 6.23 Å². The fourth-order valence-corrected chi connectivity index (χ4v) is 9.34. The van der Waals surface area contributed by atoms with Gasteiger partial charge in [-0.15, -0.1) is 0 Å². The van der Waals surface area contributed by atoms with Crippen molar-refractivity contribution in [1.82, 2.24) is 30.4 Å². The largest absolute Gasteiger partial charge is 0.481 e. The molecule has 4 aromatic rings. The summed E-state index contributed by atoms with van der Waals surface area (Å²) in [7, 11) is 3.28. The van der Waals surface area contributed by atoms with Crippen LogP contribution < -0.4 is 20.1 Å². The number of carbonyl (C=O) groups excluding carboxylic acids is 1. The summed E-state index contributed by atoms with van der Waals surface area (Å²) in [4.78, 5) is 26.5. The number of aliphatic hydroxyl groups is 1. The third kappa shape index (κ3) is 6.77. The van der Waals surface area contributed by atoms with Crippen LogP contribution in [0.25, 0.3) is 33.6 Å². The first-order valence-corrected chi connectivity index (χ1v) is 18.8. The summed E-state index contributed by atoms with van der Waals surface area (Å²) in [5.41, 5.74) is 6.41. The molecule has 12 heteroatoms. The fourth-order valence-electron chi connectivity index (χ4n) is 8.69. The van der Waals surface area contributed by atoms with Gasteiger partial charge < -0.3 is 19.9 Å². The molecule has 8 rings (SSSR count). The molecule has 4 fully saturated rings. The van der Waals surface area contributed by atoms with Crippen molar-refractivity contribution in [2.24, 2.45) is 0 Å². The van der Waals surface area contributed by atoms with Gasteiger partial charge in [0.2, 0.25) is 17.7 Å². The van der Waals surface area contributed by atoms with Crippen molar-refractivity contribution < 1.29 is 19.4 Å². The topological polar surface area (TPSA) is 112 Å². The van der Waals surface area contributed by atoms with Crippen LogP contribution in [0, 0.1) is 0 Å². The quantitative estimate of drug-likeness (QED) is 0.182. The van der Waals surface area contributed by atoms with Crippen molar-refractivity contribution in [1.29, 1.82) is 0 Å². The molecule has 4 aliphatic heterocycles. The van der Waals surface area contributed by atoms with Crippen LogP contribution in [0.4, 0.5) is 0 Å². The van der Waals surface area contributed by atoms with Crippen molar-refractivity contribution in [2.45, 2.75) is 68.9 Å². The van der Waals surface area contributed by atoms with Crippen LogP contribution >= 0.6 is 23.2 Å². The van der Waals surface area contributed by atoms with E-state index in [0.717, 1.165) is 91.7 Å². The lowest BCUT2D eigenvalue weighted by atomic mass is 9.97. The SMILES string of the molecule is COc1nc(-c2cccc(-c3cccc(-c4ccc(CN5CC[C@]6(CCC(O)N6)C5)c(OC)n4)c3Cl)c2Cl)ccc1CN1CC[C@]2(CCC(=O)N2)C1. The zero-order valence-corrected chi connectivity index (χ0v) is 31.1. The van der Waals surface area contributed by atoms with Gasteiger partial charge in [-0.25, -0.2) is 9.97 Å². The van der Waals surface area contributed by atoms with Gasteiger partial charge in [0.15, 0.2) is 0 Å². The molecule has 6 heterocycles. The van der Waals surface area contributed by atoms with Crippen molar-refractivity contribution in [2.75, 3.05) is 40.4 Å². The summed E-state index contributed by atoms with van der Waals surface area (Å²) in [5, 5.41) is 17.7. The van der Waals surface area contributed by atoms with Crippen LogP contribution in [0.5, 0.6) is 11.8 Å².